The molecule has 0 saturated heterocycles. The smallest absolute Gasteiger partial charge is 0.137 e. The lowest BCUT2D eigenvalue weighted by molar-refractivity contribution is 1.22. The van der Waals surface area contributed by atoms with Crippen molar-refractivity contribution >= 4 is 22.1 Å². The number of hydrogen-bond acceptors (Lipinski definition) is 2. The molecule has 2 N–H and O–H groups in total. The molecule has 0 unspecified atom stereocenters. The van der Waals surface area contributed by atoms with Gasteiger partial charge in [0.25, 0.3) is 0 Å². The first-order valence-corrected chi connectivity index (χ1v) is 9.94. The lowest BCUT2D eigenvalue weighted by Crippen LogP contribution is -1.79. The molecule has 4 aromatic heterocycles. The minimum atomic E-state index is 0.972. The maximum Gasteiger partial charge on any atom is 0.137 e. The molecular weight excluding hydrogens is 332 g/mol. The van der Waals surface area contributed by atoms with Crippen molar-refractivity contribution in [3.05, 3.63) is 59.7 Å². The molecule has 4 nitrogen and oxygen atoms in total. The molecule has 148 valence electrons. The third-order valence-electron chi connectivity index (χ3n) is 3.29. The topological polar surface area (TPSA) is 57.4 Å². The molecular formula is C23H36N4. The van der Waals surface area contributed by atoms with E-state index in [1.807, 2.05) is 79.9 Å². The van der Waals surface area contributed by atoms with E-state index in [1.54, 1.807) is 0 Å². The molecule has 4 heterocycles. The van der Waals surface area contributed by atoms with Gasteiger partial charge in [0.15, 0.2) is 0 Å². The fraction of sp³-hybridized carbons (Fsp3) is 0.391. The van der Waals surface area contributed by atoms with Crippen LogP contribution < -0.4 is 0 Å². The minimum Gasteiger partial charge on any atom is -0.346 e. The molecule has 0 spiro atoms. The van der Waals surface area contributed by atoms with Crippen LogP contribution in [0.3, 0.4) is 0 Å². The zero-order valence-electron chi connectivity index (χ0n) is 18.4. The first kappa shape index (κ1) is 24.4. The Kier molecular flexibility index (Phi) is 12.2. The van der Waals surface area contributed by atoms with E-state index in [2.05, 4.69) is 45.1 Å². The van der Waals surface area contributed by atoms with E-state index in [1.165, 1.54) is 16.3 Å². The Morgan fingerprint density at radius 1 is 0.741 bits per heavy atom. The van der Waals surface area contributed by atoms with Crippen LogP contribution >= 0.6 is 0 Å². The summed E-state index contributed by atoms with van der Waals surface area (Å²) in [5.74, 6) is 0. The van der Waals surface area contributed by atoms with E-state index < -0.39 is 0 Å². The van der Waals surface area contributed by atoms with Crippen molar-refractivity contribution in [1.29, 1.82) is 0 Å². The maximum atomic E-state index is 4.28. The normalized spacial score (nSPS) is 8.93. The van der Waals surface area contributed by atoms with Crippen molar-refractivity contribution in [2.24, 2.45) is 0 Å². The molecule has 4 rings (SSSR count). The number of aryl methyl sites for hydroxylation is 3. The third kappa shape index (κ3) is 7.65. The Morgan fingerprint density at radius 2 is 1.41 bits per heavy atom. The average Bonchev–Trinajstić information content (AvgIpc) is 3.31. The predicted octanol–water partition coefficient (Wildman–Crippen LogP) is 7.13. The molecule has 0 amide bonds. The van der Waals surface area contributed by atoms with Crippen LogP contribution in [-0.2, 0) is 0 Å². The van der Waals surface area contributed by atoms with Crippen LogP contribution in [0.15, 0.2) is 42.7 Å². The summed E-state index contributed by atoms with van der Waals surface area (Å²) in [6.45, 7) is 18.1. The molecule has 0 aliphatic carbocycles. The molecule has 0 fully saturated rings. The Bertz CT molecular complexity index is 888. The van der Waals surface area contributed by atoms with E-state index in [9.17, 15) is 0 Å². The summed E-state index contributed by atoms with van der Waals surface area (Å²) < 4.78 is 0. The van der Waals surface area contributed by atoms with Crippen LogP contribution in [0.2, 0.25) is 0 Å². The largest absolute Gasteiger partial charge is 0.346 e. The highest BCUT2D eigenvalue weighted by Crippen LogP contribution is 2.13. The number of H-pyrrole nitrogens is 2. The minimum absolute atomic E-state index is 0.972. The molecule has 0 atom stereocenters. The monoisotopic (exact) mass is 368 g/mol. The van der Waals surface area contributed by atoms with E-state index in [0.29, 0.717) is 0 Å². The van der Waals surface area contributed by atoms with E-state index in [-0.39, 0.29) is 0 Å². The summed E-state index contributed by atoms with van der Waals surface area (Å²) in [6, 6.07) is 10.3. The number of aromatic nitrogens is 4. The Labute approximate surface area is 164 Å². The van der Waals surface area contributed by atoms with Crippen molar-refractivity contribution in [2.45, 2.75) is 62.3 Å². The summed E-state index contributed by atoms with van der Waals surface area (Å²) in [5, 5.41) is 2.37. The summed E-state index contributed by atoms with van der Waals surface area (Å²) in [7, 11) is 0. The number of aromatic amines is 2. The predicted molar refractivity (Wildman–Crippen MR) is 120 cm³/mol. The van der Waals surface area contributed by atoms with Crippen molar-refractivity contribution in [3.63, 3.8) is 0 Å². The number of nitrogens with one attached hydrogen (secondary N) is 2. The lowest BCUT2D eigenvalue weighted by Gasteiger charge is -1.89. The van der Waals surface area contributed by atoms with Crippen molar-refractivity contribution in [3.8, 4) is 0 Å². The number of nitrogens with zero attached hydrogens (tertiary/aromatic N) is 2. The highest BCUT2D eigenvalue weighted by atomic mass is 14.9. The number of hydrogen-bond donors (Lipinski definition) is 2. The van der Waals surface area contributed by atoms with Gasteiger partial charge >= 0.3 is 0 Å². The van der Waals surface area contributed by atoms with Crippen LogP contribution in [0.5, 0.6) is 0 Å². The van der Waals surface area contributed by atoms with Crippen molar-refractivity contribution in [1.82, 2.24) is 19.9 Å². The molecule has 4 heteroatoms. The molecule has 27 heavy (non-hydrogen) atoms. The SMILES string of the molecule is CC.CC.CC.Cc1ccc2cc[nH]c2n1.Cc1cnc2[nH]c(C)cc2c1. The van der Waals surface area contributed by atoms with Crippen molar-refractivity contribution < 1.29 is 0 Å². The van der Waals surface area contributed by atoms with Gasteiger partial charge in [-0.1, -0.05) is 41.5 Å². The van der Waals surface area contributed by atoms with Crippen LogP contribution in [0, 0.1) is 20.8 Å². The zero-order valence-corrected chi connectivity index (χ0v) is 18.4. The summed E-state index contributed by atoms with van der Waals surface area (Å²) in [6.07, 6.45) is 3.77. The second kappa shape index (κ2) is 13.6. The molecule has 0 bridgehead atoms. The Balaban J connectivity index is 0.000000394. The van der Waals surface area contributed by atoms with Crippen LogP contribution in [0.25, 0.3) is 22.1 Å². The lowest BCUT2D eigenvalue weighted by atomic mass is 10.2. The second-order valence-corrected chi connectivity index (χ2v) is 5.27. The average molecular weight is 369 g/mol. The maximum absolute atomic E-state index is 4.28. The molecule has 0 saturated carbocycles. The van der Waals surface area contributed by atoms with Crippen LogP contribution in [0.1, 0.15) is 58.5 Å². The van der Waals surface area contributed by atoms with Gasteiger partial charge in [-0.25, -0.2) is 9.97 Å². The van der Waals surface area contributed by atoms with Gasteiger partial charge in [0.2, 0.25) is 0 Å². The van der Waals surface area contributed by atoms with E-state index in [0.717, 1.165) is 22.7 Å². The quantitative estimate of drug-likeness (QED) is 0.347. The summed E-state index contributed by atoms with van der Waals surface area (Å²) in [4.78, 5) is 14.7. The van der Waals surface area contributed by atoms with E-state index in [4.69, 9.17) is 0 Å². The molecule has 0 radical (unpaired) electrons. The highest BCUT2D eigenvalue weighted by Gasteiger charge is 1.96. The van der Waals surface area contributed by atoms with Gasteiger partial charge in [-0.15, -0.1) is 0 Å². The fourth-order valence-corrected chi connectivity index (χ4v) is 2.29. The number of fused-ring (bicyclic) bond motifs is 2. The van der Waals surface area contributed by atoms with Gasteiger partial charge in [0.05, 0.1) is 0 Å². The van der Waals surface area contributed by atoms with E-state index >= 15 is 0 Å². The van der Waals surface area contributed by atoms with Crippen LogP contribution in [-0.4, -0.2) is 19.9 Å². The number of rotatable bonds is 0. The van der Waals surface area contributed by atoms with Gasteiger partial charge in [0.1, 0.15) is 11.3 Å². The Hall–Kier alpha value is -2.62. The second-order valence-electron chi connectivity index (χ2n) is 5.27. The van der Waals surface area contributed by atoms with Gasteiger partial charge < -0.3 is 9.97 Å². The number of pyridine rings is 2. The van der Waals surface area contributed by atoms with Gasteiger partial charge in [0, 0.05) is 34.6 Å². The van der Waals surface area contributed by atoms with Crippen LogP contribution in [0.4, 0.5) is 0 Å². The molecule has 0 aliphatic heterocycles. The summed E-state index contributed by atoms with van der Waals surface area (Å²) >= 11 is 0. The van der Waals surface area contributed by atoms with Crippen molar-refractivity contribution in [2.75, 3.05) is 0 Å². The molecule has 4 aromatic rings. The van der Waals surface area contributed by atoms with Gasteiger partial charge in [-0.05, 0) is 56.7 Å². The summed E-state index contributed by atoms with van der Waals surface area (Å²) in [5.41, 5.74) is 5.37. The highest BCUT2D eigenvalue weighted by molar-refractivity contribution is 5.77. The first-order valence-electron chi connectivity index (χ1n) is 9.94. The molecule has 0 aromatic carbocycles. The molecule has 0 aliphatic rings. The Morgan fingerprint density at radius 3 is 2.07 bits per heavy atom. The van der Waals surface area contributed by atoms with Gasteiger partial charge in [-0.2, -0.15) is 0 Å². The van der Waals surface area contributed by atoms with Gasteiger partial charge in [-0.3, -0.25) is 0 Å². The first-order chi connectivity index (χ1) is 13.1. The standard InChI is InChI=1S/C9H10N2.C8H8N2.3C2H6/c1-6-3-8-4-7(2)11-9(8)10-5-6;1-6-2-3-7-4-5-9-8(7)10-6;3*1-2/h3-5H,1-2H3,(H,10,11);2-5H,1H3,(H,9,10);3*1-2H3. The fourth-order valence-electron chi connectivity index (χ4n) is 2.29. The third-order valence-corrected chi connectivity index (χ3v) is 3.29. The zero-order chi connectivity index (χ0) is 20.8.